The van der Waals surface area contributed by atoms with E-state index in [4.69, 9.17) is 4.74 Å². The summed E-state index contributed by atoms with van der Waals surface area (Å²) < 4.78 is 20.6. The fourth-order valence-corrected chi connectivity index (χ4v) is 8.84. The number of benzene rings is 4. The molecule has 0 bridgehead atoms. The van der Waals surface area contributed by atoms with E-state index < -0.39 is 24.9 Å². The predicted molar refractivity (Wildman–Crippen MR) is 120 cm³/mol. The van der Waals surface area contributed by atoms with E-state index in [2.05, 4.69) is 36.4 Å². The molecule has 0 spiro atoms. The van der Waals surface area contributed by atoms with E-state index in [0.717, 1.165) is 15.9 Å². The van der Waals surface area contributed by atoms with Crippen molar-refractivity contribution in [3.8, 4) is 0 Å². The molecule has 146 valence electrons. The van der Waals surface area contributed by atoms with Gasteiger partial charge in [-0.05, 0) is 42.5 Å². The maximum Gasteiger partial charge on any atom is 0.345 e. The van der Waals surface area contributed by atoms with Crippen molar-refractivity contribution in [3.05, 3.63) is 126 Å². The molecule has 4 aromatic rings. The molecule has 0 aliphatic carbocycles. The molecule has 0 fully saturated rings. The summed E-state index contributed by atoms with van der Waals surface area (Å²) in [5.74, 6) is -1.73. The molecule has 0 radical (unpaired) electrons. The van der Waals surface area contributed by atoms with Gasteiger partial charge in [0.15, 0.2) is 7.26 Å². The molecule has 4 aromatic carbocycles. The van der Waals surface area contributed by atoms with E-state index in [-0.39, 0.29) is 5.56 Å². The van der Waals surface area contributed by atoms with Crippen molar-refractivity contribution >= 4 is 29.1 Å². The Morgan fingerprint density at radius 2 is 1.10 bits per heavy atom. The summed E-state index contributed by atoms with van der Waals surface area (Å²) in [6.45, 7) is 0. The van der Waals surface area contributed by atoms with E-state index in [1.165, 1.54) is 6.07 Å². The highest BCUT2D eigenvalue weighted by Gasteiger charge is 2.59. The molecule has 1 aliphatic rings. The Bertz CT molecular complexity index is 1100. The van der Waals surface area contributed by atoms with Crippen LogP contribution >= 0.6 is 7.26 Å². The first-order valence-electron chi connectivity index (χ1n) is 9.78. The van der Waals surface area contributed by atoms with Gasteiger partial charge in [-0.3, -0.25) is 0 Å². The highest BCUT2D eigenvalue weighted by Crippen LogP contribution is 2.69. The molecule has 0 saturated heterocycles. The first kappa shape index (κ1) is 18.7. The number of halogens is 1. The maximum absolute atomic E-state index is 14.6. The summed E-state index contributed by atoms with van der Waals surface area (Å²) in [6.07, 6.45) is 0. The van der Waals surface area contributed by atoms with Crippen molar-refractivity contribution in [2.75, 3.05) is 0 Å². The molecule has 4 heteroatoms. The molecule has 0 aromatic heterocycles. The highest BCUT2D eigenvalue weighted by molar-refractivity contribution is 7.95. The molecular formula is C26H19FO2P+. The van der Waals surface area contributed by atoms with Crippen molar-refractivity contribution < 1.29 is 13.9 Å². The molecule has 1 heterocycles. The largest absolute Gasteiger partial charge is 0.418 e. The van der Waals surface area contributed by atoms with Crippen molar-refractivity contribution in [2.45, 2.75) is 5.85 Å². The minimum atomic E-state index is -2.50. The molecule has 0 saturated carbocycles. The first-order chi connectivity index (χ1) is 14.7. The molecule has 1 aliphatic heterocycles. The zero-order valence-corrected chi connectivity index (χ0v) is 17.0. The highest BCUT2D eigenvalue weighted by atomic mass is 31.2. The second-order valence-electron chi connectivity index (χ2n) is 7.19. The summed E-state index contributed by atoms with van der Waals surface area (Å²) in [7, 11) is -2.50. The van der Waals surface area contributed by atoms with Gasteiger partial charge in [0.2, 0.25) is 5.85 Å². The van der Waals surface area contributed by atoms with Crippen molar-refractivity contribution in [1.82, 2.24) is 0 Å². The van der Waals surface area contributed by atoms with Crippen LogP contribution < -0.4 is 15.9 Å². The summed E-state index contributed by atoms with van der Waals surface area (Å²) in [5.41, 5.74) is 0.666. The number of hydrogen-bond acceptors (Lipinski definition) is 2. The number of cyclic esters (lactones) is 1. The SMILES string of the molecule is O=C1OC([P+](c2ccccc2)(c2ccccc2)c2ccccc2)c2cccc(F)c21. The molecule has 2 nitrogen and oxygen atoms in total. The van der Waals surface area contributed by atoms with Crippen LogP contribution in [-0.2, 0) is 4.74 Å². The second kappa shape index (κ2) is 7.51. The fourth-order valence-electron chi connectivity index (χ4n) is 4.32. The average Bonchev–Trinajstić information content (AvgIpc) is 3.15. The minimum absolute atomic E-state index is 0.0506. The Hall–Kier alpha value is -3.29. The van der Waals surface area contributed by atoms with E-state index in [1.54, 1.807) is 6.07 Å². The summed E-state index contributed by atoms with van der Waals surface area (Å²) >= 11 is 0. The Kier molecular flexibility index (Phi) is 4.69. The quantitative estimate of drug-likeness (QED) is 0.348. The molecule has 1 atom stereocenters. The molecule has 0 amide bonds. The van der Waals surface area contributed by atoms with Crippen LogP contribution in [0.25, 0.3) is 0 Å². The third-order valence-corrected chi connectivity index (χ3v) is 10.0. The van der Waals surface area contributed by atoms with Crippen LogP contribution in [0.2, 0.25) is 0 Å². The monoisotopic (exact) mass is 413 g/mol. The van der Waals surface area contributed by atoms with Gasteiger partial charge < -0.3 is 4.74 Å². The van der Waals surface area contributed by atoms with Gasteiger partial charge in [-0.2, -0.15) is 0 Å². The van der Waals surface area contributed by atoms with Crippen LogP contribution in [0.3, 0.4) is 0 Å². The first-order valence-corrected chi connectivity index (χ1v) is 11.6. The fraction of sp³-hybridized carbons (Fsp3) is 0.0385. The smallest absolute Gasteiger partial charge is 0.345 e. The number of fused-ring (bicyclic) bond motifs is 1. The van der Waals surface area contributed by atoms with Crippen LogP contribution in [0.5, 0.6) is 0 Å². The zero-order chi connectivity index (χ0) is 20.6. The summed E-state index contributed by atoms with van der Waals surface area (Å²) in [6, 6.07) is 35.2. The standard InChI is InChI=1S/C26H19FO2P/c27-23-18-10-17-22-24(23)25(28)29-26(22)30(19-11-4-1-5-12-19,20-13-6-2-7-14-20)21-15-8-3-9-16-21/h1-18,26H/q+1. The lowest BCUT2D eigenvalue weighted by atomic mass is 10.1. The van der Waals surface area contributed by atoms with Crippen molar-refractivity contribution in [3.63, 3.8) is 0 Å². The van der Waals surface area contributed by atoms with Crippen molar-refractivity contribution in [2.24, 2.45) is 0 Å². The Labute approximate surface area is 175 Å². The van der Waals surface area contributed by atoms with E-state index >= 15 is 0 Å². The van der Waals surface area contributed by atoms with Crippen LogP contribution in [0.15, 0.2) is 109 Å². The number of ether oxygens (including phenoxy) is 1. The van der Waals surface area contributed by atoms with Crippen molar-refractivity contribution in [1.29, 1.82) is 0 Å². The number of esters is 1. The number of carbonyl (C=O) groups excluding carboxylic acids is 1. The summed E-state index contributed by atoms with van der Waals surface area (Å²) in [5, 5.41) is 3.24. The Morgan fingerprint density at radius 1 is 0.633 bits per heavy atom. The molecule has 1 unspecified atom stereocenters. The topological polar surface area (TPSA) is 26.3 Å². The Morgan fingerprint density at radius 3 is 1.57 bits per heavy atom. The van der Waals surface area contributed by atoms with Gasteiger partial charge in [0.25, 0.3) is 0 Å². The third kappa shape index (κ3) is 2.78. The van der Waals surface area contributed by atoms with Crippen LogP contribution in [0.4, 0.5) is 4.39 Å². The second-order valence-corrected chi connectivity index (χ2v) is 10.7. The van der Waals surface area contributed by atoms with Gasteiger partial charge in [-0.15, -0.1) is 0 Å². The third-order valence-electron chi connectivity index (χ3n) is 5.58. The molecular weight excluding hydrogens is 394 g/mol. The number of hydrogen-bond donors (Lipinski definition) is 0. The van der Waals surface area contributed by atoms with E-state index in [9.17, 15) is 9.18 Å². The lowest BCUT2D eigenvalue weighted by Crippen LogP contribution is -2.35. The van der Waals surface area contributed by atoms with Gasteiger partial charge in [0.05, 0.1) is 5.56 Å². The van der Waals surface area contributed by atoms with Crippen LogP contribution in [-0.4, -0.2) is 5.97 Å². The maximum atomic E-state index is 14.6. The normalized spacial score (nSPS) is 15.5. The van der Waals surface area contributed by atoms with E-state index in [0.29, 0.717) is 5.56 Å². The van der Waals surface area contributed by atoms with Gasteiger partial charge in [-0.1, -0.05) is 66.7 Å². The van der Waals surface area contributed by atoms with Crippen LogP contribution in [0.1, 0.15) is 21.8 Å². The molecule has 30 heavy (non-hydrogen) atoms. The lowest BCUT2D eigenvalue weighted by Gasteiger charge is -2.31. The van der Waals surface area contributed by atoms with Gasteiger partial charge >= 0.3 is 5.97 Å². The number of rotatable bonds is 4. The van der Waals surface area contributed by atoms with Gasteiger partial charge in [0, 0.05) is 0 Å². The van der Waals surface area contributed by atoms with E-state index in [1.807, 2.05) is 60.7 Å². The van der Waals surface area contributed by atoms with Gasteiger partial charge in [0.1, 0.15) is 27.3 Å². The lowest BCUT2D eigenvalue weighted by molar-refractivity contribution is 0.0511. The Balaban J connectivity index is 1.89. The minimum Gasteiger partial charge on any atom is -0.418 e. The molecule has 5 rings (SSSR count). The average molecular weight is 413 g/mol. The molecule has 0 N–H and O–H groups in total. The van der Waals surface area contributed by atoms with Gasteiger partial charge in [-0.25, -0.2) is 9.18 Å². The predicted octanol–water partition coefficient (Wildman–Crippen LogP) is 4.99. The summed E-state index contributed by atoms with van der Waals surface area (Å²) in [4.78, 5) is 12.8. The zero-order valence-electron chi connectivity index (χ0n) is 16.1. The van der Waals surface area contributed by atoms with Crippen LogP contribution in [0, 0.1) is 5.82 Å². The number of carbonyl (C=O) groups is 1.